The van der Waals surface area contributed by atoms with Crippen LogP contribution in [0.5, 0.6) is 5.75 Å². The Bertz CT molecular complexity index is 1240. The number of anilines is 1. The highest BCUT2D eigenvalue weighted by atomic mass is 35.5. The highest BCUT2D eigenvalue weighted by Crippen LogP contribution is 2.23. The van der Waals surface area contributed by atoms with Gasteiger partial charge in [-0.15, -0.1) is 0 Å². The van der Waals surface area contributed by atoms with Crippen LogP contribution in [0.3, 0.4) is 0 Å². The van der Waals surface area contributed by atoms with Gasteiger partial charge in [0.05, 0.1) is 22.6 Å². The molecule has 0 radical (unpaired) electrons. The summed E-state index contributed by atoms with van der Waals surface area (Å²) < 4.78 is 5.08. The lowest BCUT2D eigenvalue weighted by molar-refractivity contribution is -0.384. The van der Waals surface area contributed by atoms with Crippen LogP contribution in [0.25, 0.3) is 6.08 Å². The molecule has 0 saturated carbocycles. The summed E-state index contributed by atoms with van der Waals surface area (Å²) in [7, 11) is 1.46. The molecule has 2 N–H and O–H groups in total. The van der Waals surface area contributed by atoms with Gasteiger partial charge in [-0.1, -0.05) is 35.3 Å². The number of non-ortho nitro benzene ring substituents is 1. The molecule has 3 rings (SSSR count). The standard InChI is InChI=1S/C23H17Cl2N3O5/c1-33-18-9-10-19(20(25)13-18)22(29)27-21(12-14-3-2-4-17(11-14)28(31)32)23(30)26-16-7-5-15(24)6-8-16/h2-13H,1H3,(H,26,30)(H,27,29). The quantitative estimate of drug-likeness (QED) is 0.267. The SMILES string of the molecule is COc1ccc(C(=O)NC(=Cc2cccc([N+](=O)[O-])c2)C(=O)Nc2ccc(Cl)cc2)c(Cl)c1. The molecule has 0 aromatic heterocycles. The van der Waals surface area contributed by atoms with Gasteiger partial charge in [0.1, 0.15) is 11.4 Å². The van der Waals surface area contributed by atoms with Gasteiger partial charge in [0.15, 0.2) is 0 Å². The van der Waals surface area contributed by atoms with Gasteiger partial charge < -0.3 is 15.4 Å². The second-order valence-corrected chi connectivity index (χ2v) is 7.51. The molecule has 0 heterocycles. The third kappa shape index (κ3) is 6.31. The van der Waals surface area contributed by atoms with E-state index in [-0.39, 0.29) is 22.0 Å². The molecule has 0 spiro atoms. The highest BCUT2D eigenvalue weighted by Gasteiger charge is 2.18. The molecule has 10 heteroatoms. The number of benzene rings is 3. The van der Waals surface area contributed by atoms with Gasteiger partial charge in [-0.2, -0.15) is 0 Å². The van der Waals surface area contributed by atoms with Crippen molar-refractivity contribution in [2.75, 3.05) is 12.4 Å². The first kappa shape index (κ1) is 23.8. The van der Waals surface area contributed by atoms with Crippen LogP contribution < -0.4 is 15.4 Å². The number of halogens is 2. The molecule has 3 aromatic rings. The van der Waals surface area contributed by atoms with E-state index in [0.29, 0.717) is 22.0 Å². The summed E-state index contributed by atoms with van der Waals surface area (Å²) >= 11 is 12.1. The van der Waals surface area contributed by atoms with Crippen molar-refractivity contribution in [3.05, 3.63) is 104 Å². The Kier molecular flexibility index (Phi) is 7.66. The van der Waals surface area contributed by atoms with Crippen LogP contribution in [0.2, 0.25) is 10.0 Å². The van der Waals surface area contributed by atoms with Crippen molar-refractivity contribution in [3.8, 4) is 5.75 Å². The lowest BCUT2D eigenvalue weighted by Gasteiger charge is -2.12. The molecule has 168 valence electrons. The lowest BCUT2D eigenvalue weighted by atomic mass is 10.1. The number of hydrogen-bond acceptors (Lipinski definition) is 5. The molecule has 0 atom stereocenters. The van der Waals surface area contributed by atoms with Gasteiger partial charge >= 0.3 is 0 Å². The average Bonchev–Trinajstić information content (AvgIpc) is 2.80. The molecule has 2 amide bonds. The Balaban J connectivity index is 1.94. The third-order valence-electron chi connectivity index (χ3n) is 4.41. The molecule has 0 aliphatic carbocycles. The number of nitrogens with zero attached hydrogens (tertiary/aromatic N) is 1. The zero-order valence-corrected chi connectivity index (χ0v) is 18.7. The Morgan fingerprint density at radius 3 is 2.39 bits per heavy atom. The minimum Gasteiger partial charge on any atom is -0.497 e. The van der Waals surface area contributed by atoms with Crippen molar-refractivity contribution in [2.24, 2.45) is 0 Å². The van der Waals surface area contributed by atoms with Crippen molar-refractivity contribution < 1.29 is 19.2 Å². The van der Waals surface area contributed by atoms with Gasteiger partial charge in [-0.3, -0.25) is 19.7 Å². The Labute approximate surface area is 198 Å². The number of hydrogen-bond donors (Lipinski definition) is 2. The molecule has 0 unspecified atom stereocenters. The van der Waals surface area contributed by atoms with Crippen molar-refractivity contribution in [3.63, 3.8) is 0 Å². The summed E-state index contributed by atoms with van der Waals surface area (Å²) in [4.78, 5) is 36.4. The van der Waals surface area contributed by atoms with Gasteiger partial charge in [0, 0.05) is 22.8 Å². The zero-order valence-electron chi connectivity index (χ0n) is 17.2. The Morgan fingerprint density at radius 1 is 1.03 bits per heavy atom. The summed E-state index contributed by atoms with van der Waals surface area (Å²) in [5, 5.41) is 16.9. The summed E-state index contributed by atoms with van der Waals surface area (Å²) in [5.74, 6) is -0.836. The zero-order chi connectivity index (χ0) is 24.0. The van der Waals surface area contributed by atoms with Gasteiger partial charge in [-0.05, 0) is 54.1 Å². The van der Waals surface area contributed by atoms with Crippen LogP contribution >= 0.6 is 23.2 Å². The maximum Gasteiger partial charge on any atom is 0.272 e. The molecule has 0 bridgehead atoms. The largest absolute Gasteiger partial charge is 0.497 e. The topological polar surface area (TPSA) is 111 Å². The fourth-order valence-corrected chi connectivity index (χ4v) is 3.16. The molecule has 33 heavy (non-hydrogen) atoms. The molecule has 8 nitrogen and oxygen atoms in total. The van der Waals surface area contributed by atoms with Crippen molar-refractivity contribution in [2.45, 2.75) is 0 Å². The van der Waals surface area contributed by atoms with E-state index >= 15 is 0 Å². The third-order valence-corrected chi connectivity index (χ3v) is 4.97. The first-order valence-electron chi connectivity index (χ1n) is 9.45. The molecular weight excluding hydrogens is 469 g/mol. The number of nitro benzene ring substituents is 1. The van der Waals surface area contributed by atoms with Crippen LogP contribution in [0.1, 0.15) is 15.9 Å². The lowest BCUT2D eigenvalue weighted by Crippen LogP contribution is -2.31. The van der Waals surface area contributed by atoms with E-state index in [1.54, 1.807) is 36.4 Å². The summed E-state index contributed by atoms with van der Waals surface area (Å²) in [5.41, 5.74) is 0.576. The minimum atomic E-state index is -0.651. The molecule has 0 saturated heterocycles. The van der Waals surface area contributed by atoms with Crippen molar-refractivity contribution in [1.29, 1.82) is 0 Å². The number of ether oxygens (including phenoxy) is 1. The maximum atomic E-state index is 13.0. The predicted molar refractivity (Wildman–Crippen MR) is 127 cm³/mol. The van der Waals surface area contributed by atoms with E-state index in [2.05, 4.69) is 10.6 Å². The van der Waals surface area contributed by atoms with Crippen molar-refractivity contribution in [1.82, 2.24) is 5.32 Å². The number of amides is 2. The number of carbonyl (C=O) groups excluding carboxylic acids is 2. The maximum absolute atomic E-state index is 13.0. The molecule has 0 aliphatic rings. The summed E-state index contributed by atoms with van der Waals surface area (Å²) in [6, 6.07) is 16.5. The van der Waals surface area contributed by atoms with Gasteiger partial charge in [-0.25, -0.2) is 0 Å². The number of rotatable bonds is 7. The summed E-state index contributed by atoms with van der Waals surface area (Å²) in [6.07, 6.45) is 1.33. The normalized spacial score (nSPS) is 10.9. The van der Waals surface area contributed by atoms with Crippen LogP contribution in [0, 0.1) is 10.1 Å². The second kappa shape index (κ2) is 10.6. The minimum absolute atomic E-state index is 0.113. The van der Waals surface area contributed by atoms with Gasteiger partial charge in [0.2, 0.25) is 0 Å². The number of carbonyl (C=O) groups is 2. The fourth-order valence-electron chi connectivity index (χ4n) is 2.78. The summed E-state index contributed by atoms with van der Waals surface area (Å²) in [6.45, 7) is 0. The van der Waals surface area contributed by atoms with E-state index in [4.69, 9.17) is 27.9 Å². The Hall–Kier alpha value is -3.88. The first-order valence-corrected chi connectivity index (χ1v) is 10.2. The van der Waals surface area contributed by atoms with Crippen molar-refractivity contribution >= 4 is 52.5 Å². The molecule has 0 fully saturated rings. The smallest absolute Gasteiger partial charge is 0.272 e. The average molecular weight is 486 g/mol. The van der Waals surface area contributed by atoms with Crippen LogP contribution in [0.15, 0.2) is 72.4 Å². The van der Waals surface area contributed by atoms with E-state index in [0.717, 1.165) is 0 Å². The van der Waals surface area contributed by atoms with Gasteiger partial charge in [0.25, 0.3) is 17.5 Å². The van der Waals surface area contributed by atoms with E-state index in [9.17, 15) is 19.7 Å². The Morgan fingerprint density at radius 2 is 1.76 bits per heavy atom. The fraction of sp³-hybridized carbons (Fsp3) is 0.0435. The molecular formula is C23H17Cl2N3O5. The second-order valence-electron chi connectivity index (χ2n) is 6.67. The number of nitrogens with one attached hydrogen (secondary N) is 2. The monoisotopic (exact) mass is 485 g/mol. The number of nitro groups is 1. The van der Waals surface area contributed by atoms with E-state index in [1.807, 2.05) is 0 Å². The molecule has 3 aromatic carbocycles. The first-order chi connectivity index (χ1) is 15.8. The van der Waals surface area contributed by atoms with Crippen LogP contribution in [-0.4, -0.2) is 23.8 Å². The van der Waals surface area contributed by atoms with Crippen LogP contribution in [-0.2, 0) is 4.79 Å². The van der Waals surface area contributed by atoms with Crippen LogP contribution in [0.4, 0.5) is 11.4 Å². The predicted octanol–water partition coefficient (Wildman–Crippen LogP) is 5.32. The number of methoxy groups -OCH3 is 1. The van der Waals surface area contributed by atoms with E-state index in [1.165, 1.54) is 43.5 Å². The molecule has 0 aliphatic heterocycles. The van der Waals surface area contributed by atoms with E-state index < -0.39 is 16.7 Å². The highest BCUT2D eigenvalue weighted by molar-refractivity contribution is 6.34.